The molecule has 2 N–H and O–H groups in total. The van der Waals surface area contributed by atoms with E-state index in [9.17, 15) is 0 Å². The lowest BCUT2D eigenvalue weighted by atomic mass is 10.2. The number of hydrogen-bond donors (Lipinski definition) is 1. The van der Waals surface area contributed by atoms with E-state index in [2.05, 4.69) is 13.0 Å². The van der Waals surface area contributed by atoms with Crippen LogP contribution in [-0.4, -0.2) is 0 Å². The largest absolute Gasteiger partial charge is 0.457 e. The summed E-state index contributed by atoms with van der Waals surface area (Å²) in [6.45, 7) is 2.07. The zero-order valence-corrected chi connectivity index (χ0v) is 11.4. The Morgan fingerprint density at radius 1 is 1.28 bits per heavy atom. The van der Waals surface area contributed by atoms with Gasteiger partial charge in [-0.15, -0.1) is 11.3 Å². The summed E-state index contributed by atoms with van der Waals surface area (Å²) < 4.78 is 5.77. The predicted molar refractivity (Wildman–Crippen MR) is 76.3 cm³/mol. The van der Waals surface area contributed by atoms with Gasteiger partial charge >= 0.3 is 0 Å². The Morgan fingerprint density at radius 3 is 2.78 bits per heavy atom. The molecule has 0 fully saturated rings. The van der Waals surface area contributed by atoms with Gasteiger partial charge in [-0.3, -0.25) is 0 Å². The fraction of sp³-hybridized carbons (Fsp3) is 0.143. The monoisotopic (exact) mass is 277 g/mol. The molecule has 92 valence electrons. The van der Waals surface area contributed by atoms with Crippen molar-refractivity contribution in [2.45, 2.75) is 13.0 Å². The van der Waals surface area contributed by atoms with E-state index in [1.165, 1.54) is 4.88 Å². The molecule has 2 nitrogen and oxygen atoms in total. The second kappa shape index (κ2) is 4.43. The summed E-state index contributed by atoms with van der Waals surface area (Å²) in [6.07, 6.45) is 0. The van der Waals surface area contributed by atoms with Crippen LogP contribution in [0.2, 0.25) is 5.02 Å². The standard InChI is InChI=1S/C14H12ClNOS/c1-8-5-6-12(18-8)13(16)11-7-9-3-2-4-10(15)14(9)17-11/h2-7,13H,16H2,1H3. The van der Waals surface area contributed by atoms with Gasteiger partial charge in [0.05, 0.1) is 11.1 Å². The average Bonchev–Trinajstić information content (AvgIpc) is 2.95. The van der Waals surface area contributed by atoms with Crippen molar-refractivity contribution in [2.75, 3.05) is 0 Å². The van der Waals surface area contributed by atoms with Crippen LogP contribution in [0.5, 0.6) is 0 Å². The van der Waals surface area contributed by atoms with Crippen LogP contribution >= 0.6 is 22.9 Å². The number of aryl methyl sites for hydroxylation is 1. The van der Waals surface area contributed by atoms with Gasteiger partial charge in [-0.2, -0.15) is 0 Å². The maximum atomic E-state index is 6.22. The Labute approximate surface area is 114 Å². The zero-order chi connectivity index (χ0) is 12.7. The van der Waals surface area contributed by atoms with Gasteiger partial charge in [0.1, 0.15) is 5.76 Å². The van der Waals surface area contributed by atoms with Crippen LogP contribution in [0.15, 0.2) is 40.8 Å². The van der Waals surface area contributed by atoms with Crippen LogP contribution in [-0.2, 0) is 0 Å². The lowest BCUT2D eigenvalue weighted by molar-refractivity contribution is 0.528. The average molecular weight is 278 g/mol. The molecule has 0 aliphatic heterocycles. The summed E-state index contributed by atoms with van der Waals surface area (Å²) >= 11 is 7.78. The van der Waals surface area contributed by atoms with E-state index in [0.717, 1.165) is 16.0 Å². The van der Waals surface area contributed by atoms with Crippen molar-refractivity contribution in [1.29, 1.82) is 0 Å². The van der Waals surface area contributed by atoms with Crippen molar-refractivity contribution >= 4 is 33.9 Å². The van der Waals surface area contributed by atoms with Crippen LogP contribution in [0.3, 0.4) is 0 Å². The molecule has 2 aromatic heterocycles. The van der Waals surface area contributed by atoms with Gasteiger partial charge in [0.2, 0.25) is 0 Å². The number of fused-ring (bicyclic) bond motifs is 1. The molecule has 1 unspecified atom stereocenters. The molecular formula is C14H12ClNOS. The minimum Gasteiger partial charge on any atom is -0.457 e. The normalized spacial score (nSPS) is 13.1. The number of hydrogen-bond acceptors (Lipinski definition) is 3. The molecule has 0 saturated heterocycles. The van der Waals surface area contributed by atoms with Crippen molar-refractivity contribution in [3.63, 3.8) is 0 Å². The number of nitrogens with two attached hydrogens (primary N) is 1. The van der Waals surface area contributed by atoms with E-state index in [-0.39, 0.29) is 6.04 Å². The number of halogens is 1. The van der Waals surface area contributed by atoms with Crippen molar-refractivity contribution in [1.82, 2.24) is 0 Å². The van der Waals surface area contributed by atoms with E-state index in [1.54, 1.807) is 11.3 Å². The van der Waals surface area contributed by atoms with Gasteiger partial charge in [-0.05, 0) is 31.2 Å². The number of benzene rings is 1. The van der Waals surface area contributed by atoms with Gasteiger partial charge in [0.25, 0.3) is 0 Å². The number of furan rings is 1. The first-order valence-electron chi connectivity index (χ1n) is 5.65. The molecular weight excluding hydrogens is 266 g/mol. The van der Waals surface area contributed by atoms with Gasteiger partial charge in [0.15, 0.2) is 5.58 Å². The van der Waals surface area contributed by atoms with Crippen LogP contribution in [0.1, 0.15) is 21.6 Å². The molecule has 3 aromatic rings. The minimum atomic E-state index is -0.229. The molecule has 2 heterocycles. The Morgan fingerprint density at radius 2 is 2.11 bits per heavy atom. The first-order valence-corrected chi connectivity index (χ1v) is 6.84. The first-order chi connectivity index (χ1) is 8.65. The van der Waals surface area contributed by atoms with Crippen LogP contribution < -0.4 is 5.73 Å². The molecule has 0 spiro atoms. The number of para-hydroxylation sites is 1. The Balaban J connectivity index is 2.06. The highest BCUT2D eigenvalue weighted by Crippen LogP contribution is 2.32. The summed E-state index contributed by atoms with van der Waals surface area (Å²) in [6, 6.07) is 11.5. The summed E-state index contributed by atoms with van der Waals surface area (Å²) in [4.78, 5) is 2.34. The molecule has 4 heteroatoms. The highest BCUT2D eigenvalue weighted by molar-refractivity contribution is 7.12. The zero-order valence-electron chi connectivity index (χ0n) is 9.81. The SMILES string of the molecule is Cc1ccc(C(N)c2cc3cccc(Cl)c3o2)s1. The third-order valence-corrected chi connectivity index (χ3v) is 4.27. The van der Waals surface area contributed by atoms with Gasteiger partial charge in [-0.1, -0.05) is 23.7 Å². The smallest absolute Gasteiger partial charge is 0.152 e. The highest BCUT2D eigenvalue weighted by Gasteiger charge is 2.16. The summed E-state index contributed by atoms with van der Waals surface area (Å²) in [7, 11) is 0. The van der Waals surface area contributed by atoms with Gasteiger partial charge in [-0.25, -0.2) is 0 Å². The molecule has 0 bridgehead atoms. The Bertz CT molecular complexity index is 701. The van der Waals surface area contributed by atoms with Crippen molar-refractivity contribution < 1.29 is 4.42 Å². The van der Waals surface area contributed by atoms with Crippen molar-refractivity contribution in [3.05, 3.63) is 56.9 Å². The maximum Gasteiger partial charge on any atom is 0.152 e. The van der Waals surface area contributed by atoms with Crippen LogP contribution in [0, 0.1) is 6.92 Å². The van der Waals surface area contributed by atoms with Gasteiger partial charge < -0.3 is 10.2 Å². The molecule has 0 aliphatic rings. The lowest BCUT2D eigenvalue weighted by Crippen LogP contribution is -2.08. The fourth-order valence-corrected chi connectivity index (χ4v) is 3.07. The topological polar surface area (TPSA) is 39.2 Å². The third-order valence-electron chi connectivity index (χ3n) is 2.89. The summed E-state index contributed by atoms with van der Waals surface area (Å²) in [5.74, 6) is 0.750. The second-order valence-electron chi connectivity index (χ2n) is 4.23. The second-order valence-corrected chi connectivity index (χ2v) is 5.96. The minimum absolute atomic E-state index is 0.229. The molecule has 0 radical (unpaired) electrons. The molecule has 1 atom stereocenters. The predicted octanol–water partition coefficient (Wildman–Crippen LogP) is 4.50. The molecule has 0 aliphatic carbocycles. The van der Waals surface area contributed by atoms with E-state index < -0.39 is 0 Å². The summed E-state index contributed by atoms with van der Waals surface area (Å²) in [5.41, 5.74) is 6.92. The fourth-order valence-electron chi connectivity index (χ4n) is 1.96. The van der Waals surface area contributed by atoms with E-state index in [0.29, 0.717) is 10.6 Å². The number of thiophene rings is 1. The third kappa shape index (κ3) is 1.94. The molecule has 1 aromatic carbocycles. The van der Waals surface area contributed by atoms with Crippen molar-refractivity contribution in [3.8, 4) is 0 Å². The number of rotatable bonds is 2. The Kier molecular flexibility index (Phi) is 2.90. The highest BCUT2D eigenvalue weighted by atomic mass is 35.5. The van der Waals surface area contributed by atoms with E-state index >= 15 is 0 Å². The van der Waals surface area contributed by atoms with E-state index in [4.69, 9.17) is 21.8 Å². The molecule has 0 saturated carbocycles. The van der Waals surface area contributed by atoms with Crippen molar-refractivity contribution in [2.24, 2.45) is 5.73 Å². The quantitative estimate of drug-likeness (QED) is 0.749. The molecule has 0 amide bonds. The first kappa shape index (κ1) is 11.8. The maximum absolute atomic E-state index is 6.22. The van der Waals surface area contributed by atoms with E-state index in [1.807, 2.05) is 30.3 Å². The summed E-state index contributed by atoms with van der Waals surface area (Å²) in [5, 5.41) is 1.61. The van der Waals surface area contributed by atoms with Crippen LogP contribution in [0.4, 0.5) is 0 Å². The van der Waals surface area contributed by atoms with Gasteiger partial charge in [0, 0.05) is 15.1 Å². The van der Waals surface area contributed by atoms with Crippen LogP contribution in [0.25, 0.3) is 11.0 Å². The lowest BCUT2D eigenvalue weighted by Gasteiger charge is -2.04. The molecule has 18 heavy (non-hydrogen) atoms. The molecule has 3 rings (SSSR count). The Hall–Kier alpha value is -1.29.